The van der Waals surface area contributed by atoms with Crippen LogP contribution in [0.25, 0.3) is 0 Å². The molecule has 0 saturated heterocycles. The summed E-state index contributed by atoms with van der Waals surface area (Å²) in [5.41, 5.74) is 2.82. The molecular formula is C25H26Cl2N2O2. The van der Waals surface area contributed by atoms with Crippen LogP contribution in [0, 0.1) is 0 Å². The summed E-state index contributed by atoms with van der Waals surface area (Å²) in [6, 6.07) is 15.2. The molecule has 2 unspecified atom stereocenters. The van der Waals surface area contributed by atoms with E-state index in [1.807, 2.05) is 49.4 Å². The molecule has 1 aliphatic carbocycles. The van der Waals surface area contributed by atoms with Crippen molar-refractivity contribution < 1.29 is 9.90 Å². The molecule has 1 heterocycles. The average molecular weight is 457 g/mol. The van der Waals surface area contributed by atoms with Crippen molar-refractivity contribution in [2.75, 3.05) is 0 Å². The molecule has 0 amide bonds. The Balaban J connectivity index is 1.85. The number of aromatic nitrogens is 2. The Kier molecular flexibility index (Phi) is 5.89. The second kappa shape index (κ2) is 8.33. The topological polar surface area (TPSA) is 55.1 Å². The molecule has 162 valence electrons. The number of halogens is 2. The zero-order chi connectivity index (χ0) is 22.3. The zero-order valence-electron chi connectivity index (χ0n) is 17.9. The van der Waals surface area contributed by atoms with Gasteiger partial charge in [-0.05, 0) is 43.0 Å². The number of rotatable bonds is 6. The van der Waals surface area contributed by atoms with E-state index in [0.717, 1.165) is 41.2 Å². The first-order valence-corrected chi connectivity index (χ1v) is 11.3. The van der Waals surface area contributed by atoms with E-state index >= 15 is 0 Å². The van der Waals surface area contributed by atoms with Crippen LogP contribution in [0.2, 0.25) is 10.0 Å². The minimum absolute atomic E-state index is 0.176. The number of hydrogen-bond donors (Lipinski definition) is 1. The summed E-state index contributed by atoms with van der Waals surface area (Å²) in [5, 5.41) is 11.4. The number of hydrogen-bond acceptors (Lipinski definition) is 2. The van der Waals surface area contributed by atoms with Gasteiger partial charge in [0, 0.05) is 24.1 Å². The third kappa shape index (κ3) is 3.77. The number of carbonyl (C=O) groups is 1. The van der Waals surface area contributed by atoms with Gasteiger partial charge in [0.15, 0.2) is 0 Å². The quantitative estimate of drug-likeness (QED) is 0.464. The molecule has 2 aromatic carbocycles. The molecule has 0 fully saturated rings. The Bertz CT molecular complexity index is 1120. The van der Waals surface area contributed by atoms with Crippen LogP contribution in [0.15, 0.2) is 48.5 Å². The standard InChI is InChI=1S/C25H26Cl2N2O2/c1-15(2)23-28-21-12-10-18(25(3,24(30)31)17-7-5-4-6-8-17)22(21)29(23)14-16-9-11-19(26)20(27)13-16/h4-9,11,13,15,18H,10,12,14H2,1-3H3,(H,30,31). The molecule has 3 aromatic rings. The lowest BCUT2D eigenvalue weighted by Gasteiger charge is -2.33. The molecule has 1 N–H and O–H groups in total. The predicted octanol–water partition coefficient (Wildman–Crippen LogP) is 6.43. The summed E-state index contributed by atoms with van der Waals surface area (Å²) in [7, 11) is 0. The molecule has 1 aromatic heterocycles. The number of fused-ring (bicyclic) bond motifs is 1. The number of nitrogens with zero attached hydrogens (tertiary/aromatic N) is 2. The first-order chi connectivity index (χ1) is 14.7. The van der Waals surface area contributed by atoms with Gasteiger partial charge in [-0.1, -0.05) is 73.4 Å². The Labute approximate surface area is 192 Å². The molecule has 0 saturated carbocycles. The molecule has 31 heavy (non-hydrogen) atoms. The van der Waals surface area contributed by atoms with Crippen LogP contribution in [0.4, 0.5) is 0 Å². The molecule has 0 spiro atoms. The number of carboxylic acid groups (broad SMARTS) is 1. The summed E-state index contributed by atoms with van der Waals surface area (Å²) in [4.78, 5) is 17.6. The number of carboxylic acids is 1. The lowest BCUT2D eigenvalue weighted by atomic mass is 9.70. The monoisotopic (exact) mass is 456 g/mol. The van der Waals surface area contributed by atoms with Gasteiger partial charge in [0.05, 0.1) is 21.2 Å². The van der Waals surface area contributed by atoms with Crippen LogP contribution in [-0.2, 0) is 23.2 Å². The van der Waals surface area contributed by atoms with E-state index in [9.17, 15) is 9.90 Å². The van der Waals surface area contributed by atoms with Gasteiger partial charge in [0.25, 0.3) is 0 Å². The third-order valence-electron chi connectivity index (χ3n) is 6.47. The van der Waals surface area contributed by atoms with Crippen LogP contribution in [-0.4, -0.2) is 20.6 Å². The van der Waals surface area contributed by atoms with Crippen molar-refractivity contribution in [3.63, 3.8) is 0 Å². The first kappa shape index (κ1) is 21.9. The lowest BCUT2D eigenvalue weighted by Crippen LogP contribution is -2.39. The van der Waals surface area contributed by atoms with Crippen molar-refractivity contribution in [2.45, 2.75) is 57.4 Å². The maximum absolute atomic E-state index is 12.6. The van der Waals surface area contributed by atoms with Crippen molar-refractivity contribution in [1.29, 1.82) is 0 Å². The first-order valence-electron chi connectivity index (χ1n) is 10.6. The summed E-state index contributed by atoms with van der Waals surface area (Å²) < 4.78 is 2.21. The fourth-order valence-corrected chi connectivity index (χ4v) is 5.09. The van der Waals surface area contributed by atoms with Crippen molar-refractivity contribution in [2.24, 2.45) is 0 Å². The third-order valence-corrected chi connectivity index (χ3v) is 7.21. The molecule has 4 nitrogen and oxygen atoms in total. The van der Waals surface area contributed by atoms with Crippen molar-refractivity contribution >= 4 is 29.2 Å². The summed E-state index contributed by atoms with van der Waals surface area (Å²) in [5.74, 6) is 0.193. The molecule has 1 aliphatic rings. The van der Waals surface area contributed by atoms with E-state index < -0.39 is 11.4 Å². The predicted molar refractivity (Wildman–Crippen MR) is 124 cm³/mol. The SMILES string of the molecule is CC(C)c1nc2c(n1Cc1ccc(Cl)c(Cl)c1)C(C(C)(C(=O)O)c1ccccc1)CC2. The minimum Gasteiger partial charge on any atom is -0.481 e. The maximum atomic E-state index is 12.6. The van der Waals surface area contributed by atoms with Gasteiger partial charge < -0.3 is 9.67 Å². The molecule has 6 heteroatoms. The van der Waals surface area contributed by atoms with Gasteiger partial charge in [0.2, 0.25) is 0 Å². The fourth-order valence-electron chi connectivity index (χ4n) is 4.77. The average Bonchev–Trinajstić information content (AvgIpc) is 3.31. The van der Waals surface area contributed by atoms with Crippen molar-refractivity contribution in [3.8, 4) is 0 Å². The maximum Gasteiger partial charge on any atom is 0.314 e. The van der Waals surface area contributed by atoms with E-state index in [4.69, 9.17) is 28.2 Å². The van der Waals surface area contributed by atoms with Crippen molar-refractivity contribution in [1.82, 2.24) is 9.55 Å². The molecular weight excluding hydrogens is 431 g/mol. The van der Waals surface area contributed by atoms with Gasteiger partial charge in [-0.3, -0.25) is 4.79 Å². The van der Waals surface area contributed by atoms with Crippen LogP contribution in [0.1, 0.15) is 67.4 Å². The van der Waals surface area contributed by atoms with Gasteiger partial charge in [-0.2, -0.15) is 0 Å². The van der Waals surface area contributed by atoms with E-state index in [1.54, 1.807) is 6.07 Å². The summed E-state index contributed by atoms with van der Waals surface area (Å²) in [6.07, 6.45) is 1.54. The van der Waals surface area contributed by atoms with Gasteiger partial charge in [-0.25, -0.2) is 4.98 Å². The summed E-state index contributed by atoms with van der Waals surface area (Å²) in [6.45, 7) is 6.65. The molecule has 0 aliphatic heterocycles. The number of benzene rings is 2. The van der Waals surface area contributed by atoms with Crippen LogP contribution < -0.4 is 0 Å². The zero-order valence-corrected chi connectivity index (χ0v) is 19.4. The highest BCUT2D eigenvalue weighted by Gasteiger charge is 2.48. The van der Waals surface area contributed by atoms with E-state index in [2.05, 4.69) is 18.4 Å². The Morgan fingerprint density at radius 1 is 1.19 bits per heavy atom. The smallest absolute Gasteiger partial charge is 0.314 e. The van der Waals surface area contributed by atoms with Crippen LogP contribution >= 0.6 is 23.2 Å². The highest BCUT2D eigenvalue weighted by Crippen LogP contribution is 2.48. The second-order valence-corrected chi connectivity index (χ2v) is 9.57. The van der Waals surface area contributed by atoms with Crippen LogP contribution in [0.3, 0.4) is 0 Å². The number of aliphatic carboxylic acids is 1. The summed E-state index contributed by atoms with van der Waals surface area (Å²) >= 11 is 12.4. The Hall–Kier alpha value is -2.30. The normalized spacial score (nSPS) is 17.5. The molecule has 0 bridgehead atoms. The number of imidazole rings is 1. The van der Waals surface area contributed by atoms with E-state index in [1.165, 1.54) is 0 Å². The minimum atomic E-state index is -1.05. The van der Waals surface area contributed by atoms with Crippen LogP contribution in [0.5, 0.6) is 0 Å². The molecule has 2 atom stereocenters. The van der Waals surface area contributed by atoms with Crippen molar-refractivity contribution in [3.05, 3.63) is 86.9 Å². The largest absolute Gasteiger partial charge is 0.481 e. The van der Waals surface area contributed by atoms with Gasteiger partial charge in [-0.15, -0.1) is 0 Å². The lowest BCUT2D eigenvalue weighted by molar-refractivity contribution is -0.144. The van der Waals surface area contributed by atoms with E-state index in [-0.39, 0.29) is 11.8 Å². The van der Waals surface area contributed by atoms with E-state index in [0.29, 0.717) is 16.6 Å². The molecule has 4 rings (SSSR count). The Morgan fingerprint density at radius 2 is 1.90 bits per heavy atom. The Morgan fingerprint density at radius 3 is 2.52 bits per heavy atom. The fraction of sp³-hybridized carbons (Fsp3) is 0.360. The van der Waals surface area contributed by atoms with Gasteiger partial charge in [0.1, 0.15) is 5.82 Å². The highest BCUT2D eigenvalue weighted by atomic mass is 35.5. The number of aryl methyl sites for hydroxylation is 1. The molecule has 0 radical (unpaired) electrons. The highest BCUT2D eigenvalue weighted by molar-refractivity contribution is 6.42. The van der Waals surface area contributed by atoms with Gasteiger partial charge >= 0.3 is 5.97 Å². The second-order valence-electron chi connectivity index (χ2n) is 8.76.